The summed E-state index contributed by atoms with van der Waals surface area (Å²) in [5.74, 6) is 0.189. The van der Waals surface area contributed by atoms with Crippen LogP contribution < -0.4 is 5.32 Å². The van der Waals surface area contributed by atoms with Crippen LogP contribution in [0.15, 0.2) is 65.7 Å². The van der Waals surface area contributed by atoms with E-state index in [2.05, 4.69) is 15.3 Å². The Morgan fingerprint density at radius 3 is 2.75 bits per heavy atom. The van der Waals surface area contributed by atoms with Gasteiger partial charge in [-0.25, -0.2) is 4.98 Å². The molecule has 98 valence electrons. The molecule has 1 aromatic carbocycles. The molecule has 0 saturated heterocycles. The van der Waals surface area contributed by atoms with Crippen LogP contribution in [0.3, 0.4) is 0 Å². The second kappa shape index (κ2) is 5.36. The molecule has 5 heteroatoms. The second-order valence-corrected chi connectivity index (χ2v) is 4.08. The van der Waals surface area contributed by atoms with E-state index < -0.39 is 0 Å². The maximum Gasteiger partial charge on any atom is 0.256 e. The lowest BCUT2D eigenvalue weighted by molar-refractivity contribution is 0.102. The van der Waals surface area contributed by atoms with E-state index in [9.17, 15) is 4.79 Å². The first-order valence-corrected chi connectivity index (χ1v) is 6.05. The topological polar surface area (TPSA) is 68.0 Å². The molecule has 0 spiro atoms. The zero-order chi connectivity index (χ0) is 13.8. The van der Waals surface area contributed by atoms with Gasteiger partial charge in [0, 0.05) is 11.8 Å². The van der Waals surface area contributed by atoms with Crippen molar-refractivity contribution in [1.29, 1.82) is 0 Å². The molecule has 0 aliphatic rings. The Bertz CT molecular complexity index is 709. The number of hydrogen-bond acceptors (Lipinski definition) is 4. The fraction of sp³-hybridized carbons (Fsp3) is 0. The lowest BCUT2D eigenvalue weighted by Crippen LogP contribution is -2.13. The summed E-state index contributed by atoms with van der Waals surface area (Å²) in [4.78, 5) is 20.4. The van der Waals surface area contributed by atoms with Crippen molar-refractivity contribution >= 4 is 11.6 Å². The SMILES string of the molecule is O=C(Nc1cccnc1)c1ccccc1-c1ncco1. The largest absolute Gasteiger partial charge is 0.445 e. The van der Waals surface area contributed by atoms with Crippen LogP contribution in [-0.2, 0) is 0 Å². The third-order valence-electron chi connectivity index (χ3n) is 2.75. The molecule has 3 rings (SSSR count). The predicted octanol–water partition coefficient (Wildman–Crippen LogP) is 2.99. The number of rotatable bonds is 3. The minimum atomic E-state index is -0.230. The van der Waals surface area contributed by atoms with Crippen molar-refractivity contribution < 1.29 is 9.21 Å². The fourth-order valence-electron chi connectivity index (χ4n) is 1.86. The lowest BCUT2D eigenvalue weighted by atomic mass is 10.1. The quantitative estimate of drug-likeness (QED) is 0.790. The summed E-state index contributed by atoms with van der Waals surface area (Å²) in [7, 11) is 0. The summed E-state index contributed by atoms with van der Waals surface area (Å²) in [6.07, 6.45) is 6.26. The highest BCUT2D eigenvalue weighted by Gasteiger charge is 2.15. The Balaban J connectivity index is 1.93. The monoisotopic (exact) mass is 265 g/mol. The molecule has 0 radical (unpaired) electrons. The fourth-order valence-corrected chi connectivity index (χ4v) is 1.86. The molecule has 0 aliphatic heterocycles. The average Bonchev–Trinajstić information content (AvgIpc) is 3.02. The van der Waals surface area contributed by atoms with Gasteiger partial charge < -0.3 is 9.73 Å². The molecular weight excluding hydrogens is 254 g/mol. The van der Waals surface area contributed by atoms with Crippen LogP contribution in [0.2, 0.25) is 0 Å². The van der Waals surface area contributed by atoms with Crippen LogP contribution in [0.5, 0.6) is 0 Å². The maximum atomic E-state index is 12.3. The van der Waals surface area contributed by atoms with Gasteiger partial charge in [-0.15, -0.1) is 0 Å². The van der Waals surface area contributed by atoms with Gasteiger partial charge in [0.15, 0.2) is 0 Å². The van der Waals surface area contributed by atoms with Crippen molar-refractivity contribution in [1.82, 2.24) is 9.97 Å². The number of amides is 1. The predicted molar refractivity (Wildman–Crippen MR) is 74.1 cm³/mol. The van der Waals surface area contributed by atoms with E-state index in [1.165, 1.54) is 6.26 Å². The van der Waals surface area contributed by atoms with Crippen LogP contribution in [-0.4, -0.2) is 15.9 Å². The molecule has 0 unspecified atom stereocenters. The Morgan fingerprint density at radius 2 is 2.00 bits per heavy atom. The van der Waals surface area contributed by atoms with Crippen LogP contribution >= 0.6 is 0 Å². The van der Waals surface area contributed by atoms with E-state index in [4.69, 9.17) is 4.42 Å². The first kappa shape index (κ1) is 12.1. The minimum Gasteiger partial charge on any atom is -0.445 e. The van der Waals surface area contributed by atoms with E-state index in [1.54, 1.807) is 48.9 Å². The number of aromatic nitrogens is 2. The number of pyridine rings is 1. The molecule has 0 fully saturated rings. The van der Waals surface area contributed by atoms with E-state index in [0.29, 0.717) is 22.7 Å². The summed E-state index contributed by atoms with van der Waals surface area (Å²) in [6, 6.07) is 10.7. The molecule has 2 aromatic heterocycles. The second-order valence-electron chi connectivity index (χ2n) is 4.08. The summed E-state index contributed by atoms with van der Waals surface area (Å²) in [5.41, 5.74) is 1.79. The Kier molecular flexibility index (Phi) is 3.24. The smallest absolute Gasteiger partial charge is 0.256 e. The molecule has 5 nitrogen and oxygen atoms in total. The van der Waals surface area contributed by atoms with Crippen molar-refractivity contribution in [2.75, 3.05) is 5.32 Å². The molecule has 20 heavy (non-hydrogen) atoms. The number of nitrogens with one attached hydrogen (secondary N) is 1. The molecule has 0 atom stereocenters. The molecule has 0 saturated carbocycles. The van der Waals surface area contributed by atoms with Gasteiger partial charge in [0.05, 0.1) is 23.6 Å². The number of carbonyl (C=O) groups excluding carboxylic acids is 1. The zero-order valence-electron chi connectivity index (χ0n) is 10.5. The molecule has 3 aromatic rings. The molecule has 1 N–H and O–H groups in total. The number of oxazole rings is 1. The Morgan fingerprint density at radius 1 is 1.10 bits per heavy atom. The van der Waals surface area contributed by atoms with Gasteiger partial charge >= 0.3 is 0 Å². The first-order valence-electron chi connectivity index (χ1n) is 6.05. The highest BCUT2D eigenvalue weighted by atomic mass is 16.3. The van der Waals surface area contributed by atoms with Crippen molar-refractivity contribution in [3.63, 3.8) is 0 Å². The number of hydrogen-bond donors (Lipinski definition) is 1. The maximum absolute atomic E-state index is 12.3. The first-order chi connectivity index (χ1) is 9.84. The highest BCUT2D eigenvalue weighted by molar-refractivity contribution is 6.08. The van der Waals surface area contributed by atoms with Crippen molar-refractivity contribution in [2.45, 2.75) is 0 Å². The molecule has 0 aliphatic carbocycles. The summed E-state index contributed by atoms with van der Waals surface area (Å²) in [5, 5.41) is 2.79. The molecule has 0 bridgehead atoms. The number of nitrogens with zero attached hydrogens (tertiary/aromatic N) is 2. The lowest BCUT2D eigenvalue weighted by Gasteiger charge is -2.07. The molecular formula is C15H11N3O2. The van der Waals surface area contributed by atoms with Crippen molar-refractivity contribution in [3.05, 3.63) is 66.8 Å². The summed E-state index contributed by atoms with van der Waals surface area (Å²) >= 11 is 0. The van der Waals surface area contributed by atoms with E-state index in [1.807, 2.05) is 6.07 Å². The van der Waals surface area contributed by atoms with E-state index in [-0.39, 0.29) is 5.91 Å². The van der Waals surface area contributed by atoms with Crippen LogP contribution in [0.4, 0.5) is 5.69 Å². The summed E-state index contributed by atoms with van der Waals surface area (Å²) in [6.45, 7) is 0. The average molecular weight is 265 g/mol. The molecule has 2 heterocycles. The van der Waals surface area contributed by atoms with Crippen molar-refractivity contribution in [3.8, 4) is 11.5 Å². The third-order valence-corrected chi connectivity index (χ3v) is 2.75. The van der Waals surface area contributed by atoms with E-state index in [0.717, 1.165) is 0 Å². The van der Waals surface area contributed by atoms with Gasteiger partial charge in [-0.05, 0) is 24.3 Å². The van der Waals surface area contributed by atoms with Gasteiger partial charge in [0.25, 0.3) is 5.91 Å². The van der Waals surface area contributed by atoms with Crippen LogP contribution in [0.25, 0.3) is 11.5 Å². The van der Waals surface area contributed by atoms with Gasteiger partial charge in [-0.1, -0.05) is 12.1 Å². The van der Waals surface area contributed by atoms with Gasteiger partial charge in [-0.3, -0.25) is 9.78 Å². The van der Waals surface area contributed by atoms with Gasteiger partial charge in [0.1, 0.15) is 6.26 Å². The van der Waals surface area contributed by atoms with Crippen LogP contribution in [0, 0.1) is 0 Å². The number of carbonyl (C=O) groups is 1. The number of benzene rings is 1. The summed E-state index contributed by atoms with van der Waals surface area (Å²) < 4.78 is 5.26. The van der Waals surface area contributed by atoms with Crippen molar-refractivity contribution in [2.24, 2.45) is 0 Å². The third kappa shape index (κ3) is 2.42. The molecule has 1 amide bonds. The Labute approximate surface area is 115 Å². The number of anilines is 1. The standard InChI is InChI=1S/C15H11N3O2/c19-14(18-11-4-3-7-16-10-11)12-5-1-2-6-13(12)15-17-8-9-20-15/h1-10H,(H,18,19). The highest BCUT2D eigenvalue weighted by Crippen LogP contribution is 2.22. The van der Waals surface area contributed by atoms with E-state index >= 15 is 0 Å². The minimum absolute atomic E-state index is 0.230. The van der Waals surface area contributed by atoms with Gasteiger partial charge in [-0.2, -0.15) is 0 Å². The van der Waals surface area contributed by atoms with Gasteiger partial charge in [0.2, 0.25) is 5.89 Å². The van der Waals surface area contributed by atoms with Crippen LogP contribution in [0.1, 0.15) is 10.4 Å². The Hall–Kier alpha value is -2.95. The zero-order valence-corrected chi connectivity index (χ0v) is 10.5. The normalized spacial score (nSPS) is 10.2.